The molecular weight excluding hydrogens is 296 g/mol. The summed E-state index contributed by atoms with van der Waals surface area (Å²) < 4.78 is 12.2. The Morgan fingerprint density at radius 2 is 2.30 bits per heavy atom. The maximum absolute atomic E-state index is 12.5. The predicted octanol–water partition coefficient (Wildman–Crippen LogP) is 1.99. The van der Waals surface area contributed by atoms with Crippen LogP contribution in [0.1, 0.15) is 18.5 Å². The average molecular weight is 314 g/mol. The Labute approximate surface area is 133 Å². The van der Waals surface area contributed by atoms with E-state index in [1.807, 2.05) is 24.3 Å². The van der Waals surface area contributed by atoms with Crippen molar-refractivity contribution in [2.24, 2.45) is 5.92 Å². The van der Waals surface area contributed by atoms with Crippen LogP contribution in [0.5, 0.6) is 5.75 Å². The third kappa shape index (κ3) is 2.65. The van der Waals surface area contributed by atoms with Gasteiger partial charge in [-0.1, -0.05) is 18.7 Å². The molecule has 0 spiro atoms. The number of hydrogen-bond acceptors (Lipinski definition) is 6. The highest BCUT2D eigenvalue weighted by molar-refractivity contribution is 5.79. The average Bonchev–Trinajstić information content (AvgIpc) is 3.01. The molecule has 0 bridgehead atoms. The maximum atomic E-state index is 12.5. The van der Waals surface area contributed by atoms with Crippen LogP contribution in [0.3, 0.4) is 0 Å². The third-order valence-electron chi connectivity index (χ3n) is 3.78. The topological polar surface area (TPSA) is 78.3 Å². The van der Waals surface area contributed by atoms with E-state index < -0.39 is 12.0 Å². The van der Waals surface area contributed by atoms with Gasteiger partial charge >= 0.3 is 5.97 Å². The van der Waals surface area contributed by atoms with Crippen LogP contribution in [0.4, 0.5) is 5.95 Å². The molecule has 2 aromatic rings. The number of aromatic nitrogens is 3. The molecule has 1 aromatic carbocycles. The molecule has 0 amide bonds. The Morgan fingerprint density at radius 1 is 1.48 bits per heavy atom. The minimum atomic E-state index is -0.601. The minimum Gasteiger partial charge on any atom is -0.497 e. The van der Waals surface area contributed by atoms with E-state index in [4.69, 9.17) is 9.47 Å². The Balaban J connectivity index is 2.10. The fourth-order valence-electron chi connectivity index (χ4n) is 2.76. The van der Waals surface area contributed by atoms with E-state index in [1.165, 1.54) is 6.33 Å². The van der Waals surface area contributed by atoms with Crippen molar-refractivity contribution in [1.29, 1.82) is 0 Å². The monoisotopic (exact) mass is 314 g/mol. The molecule has 0 aliphatic carbocycles. The van der Waals surface area contributed by atoms with E-state index in [-0.39, 0.29) is 5.97 Å². The van der Waals surface area contributed by atoms with Gasteiger partial charge in [-0.2, -0.15) is 10.1 Å². The van der Waals surface area contributed by atoms with Gasteiger partial charge in [-0.3, -0.25) is 4.79 Å². The molecule has 23 heavy (non-hydrogen) atoms. The maximum Gasteiger partial charge on any atom is 0.317 e. The summed E-state index contributed by atoms with van der Waals surface area (Å²) in [6, 6.07) is 7.12. The molecule has 1 N–H and O–H groups in total. The van der Waals surface area contributed by atoms with E-state index in [9.17, 15) is 4.79 Å². The highest BCUT2D eigenvalue weighted by atomic mass is 16.5. The minimum absolute atomic E-state index is 0.303. The van der Waals surface area contributed by atoms with Gasteiger partial charge in [-0.15, -0.1) is 0 Å². The van der Waals surface area contributed by atoms with Gasteiger partial charge in [0.05, 0.1) is 19.8 Å². The zero-order chi connectivity index (χ0) is 16.4. The van der Waals surface area contributed by atoms with Gasteiger partial charge in [0.15, 0.2) is 0 Å². The summed E-state index contributed by atoms with van der Waals surface area (Å²) in [5.41, 5.74) is 1.41. The van der Waals surface area contributed by atoms with Crippen LogP contribution in [0.2, 0.25) is 0 Å². The number of nitrogens with zero attached hydrogens (tertiary/aromatic N) is 3. The molecule has 3 rings (SSSR count). The lowest BCUT2D eigenvalue weighted by Gasteiger charge is -2.33. The van der Waals surface area contributed by atoms with Gasteiger partial charge in [-0.05, 0) is 24.6 Å². The van der Waals surface area contributed by atoms with E-state index in [0.717, 1.165) is 5.56 Å². The lowest BCUT2D eigenvalue weighted by Crippen LogP contribution is -2.37. The van der Waals surface area contributed by atoms with E-state index >= 15 is 0 Å². The molecule has 0 saturated carbocycles. The SMILES string of the molecule is C=C1Nc2ncnn2[C@H](c2cccc(OC)c2)[C@@H]1C(=O)OCC. The quantitative estimate of drug-likeness (QED) is 0.870. The van der Waals surface area contributed by atoms with Gasteiger partial charge in [0.1, 0.15) is 18.0 Å². The smallest absolute Gasteiger partial charge is 0.317 e. The molecule has 1 aliphatic heterocycles. The van der Waals surface area contributed by atoms with Crippen molar-refractivity contribution in [3.63, 3.8) is 0 Å². The molecular formula is C16H18N4O3. The summed E-state index contributed by atoms with van der Waals surface area (Å²) in [5.74, 6) is 0.300. The highest BCUT2D eigenvalue weighted by Gasteiger charge is 2.40. The largest absolute Gasteiger partial charge is 0.497 e. The van der Waals surface area contributed by atoms with Crippen molar-refractivity contribution in [3.8, 4) is 5.75 Å². The summed E-state index contributed by atoms with van der Waals surface area (Å²) >= 11 is 0. The standard InChI is InChI=1S/C16H18N4O3/c1-4-23-15(21)13-10(2)19-16-17-9-18-20(16)14(13)11-6-5-7-12(8-11)22-3/h5-9,13-14H,2,4H2,1,3H3,(H,17,18,19)/t13-,14-/m1/s1. The summed E-state index contributed by atoms with van der Waals surface area (Å²) in [4.78, 5) is 16.6. The molecule has 2 atom stereocenters. The van der Waals surface area contributed by atoms with E-state index in [1.54, 1.807) is 18.7 Å². The fourth-order valence-corrected chi connectivity index (χ4v) is 2.76. The first kappa shape index (κ1) is 15.1. The second-order valence-corrected chi connectivity index (χ2v) is 5.13. The van der Waals surface area contributed by atoms with Crippen molar-refractivity contribution in [1.82, 2.24) is 14.8 Å². The normalized spacial score (nSPS) is 19.7. The Morgan fingerprint density at radius 3 is 3.04 bits per heavy atom. The van der Waals surface area contributed by atoms with Crippen LogP contribution in [-0.2, 0) is 9.53 Å². The summed E-state index contributed by atoms with van der Waals surface area (Å²) in [7, 11) is 1.60. The number of ether oxygens (including phenoxy) is 2. The summed E-state index contributed by atoms with van der Waals surface area (Å²) in [6.45, 7) is 6.05. The fraction of sp³-hybridized carbons (Fsp3) is 0.312. The first-order valence-electron chi connectivity index (χ1n) is 7.31. The number of carbonyl (C=O) groups excluding carboxylic acids is 1. The first-order valence-corrected chi connectivity index (χ1v) is 7.31. The third-order valence-corrected chi connectivity index (χ3v) is 3.78. The Hall–Kier alpha value is -2.83. The Kier molecular flexibility index (Phi) is 4.01. The molecule has 120 valence electrons. The number of fused-ring (bicyclic) bond motifs is 1. The van der Waals surface area contributed by atoms with Crippen LogP contribution < -0.4 is 10.1 Å². The van der Waals surface area contributed by atoms with E-state index in [2.05, 4.69) is 22.0 Å². The molecule has 0 radical (unpaired) electrons. The molecule has 2 heterocycles. The zero-order valence-electron chi connectivity index (χ0n) is 13.0. The van der Waals surface area contributed by atoms with Crippen molar-refractivity contribution in [2.75, 3.05) is 19.0 Å². The van der Waals surface area contributed by atoms with Crippen molar-refractivity contribution in [3.05, 3.63) is 48.4 Å². The summed E-state index contributed by atoms with van der Waals surface area (Å²) in [6.07, 6.45) is 1.44. The molecule has 0 saturated heterocycles. The molecule has 0 fully saturated rings. The van der Waals surface area contributed by atoms with Gasteiger partial charge in [0.25, 0.3) is 0 Å². The van der Waals surface area contributed by atoms with Crippen LogP contribution in [0.15, 0.2) is 42.9 Å². The molecule has 7 heteroatoms. The predicted molar refractivity (Wildman–Crippen MR) is 84.0 cm³/mol. The molecule has 0 unspecified atom stereocenters. The van der Waals surface area contributed by atoms with Crippen molar-refractivity contribution >= 4 is 11.9 Å². The van der Waals surface area contributed by atoms with Crippen molar-refractivity contribution in [2.45, 2.75) is 13.0 Å². The number of hydrogen-bond donors (Lipinski definition) is 1. The van der Waals surface area contributed by atoms with Gasteiger partial charge < -0.3 is 14.8 Å². The molecule has 1 aromatic heterocycles. The number of anilines is 1. The lowest BCUT2D eigenvalue weighted by molar-refractivity contribution is -0.147. The van der Waals surface area contributed by atoms with Crippen LogP contribution in [-0.4, -0.2) is 34.5 Å². The van der Waals surface area contributed by atoms with Gasteiger partial charge in [-0.25, -0.2) is 4.68 Å². The summed E-state index contributed by atoms with van der Waals surface area (Å²) in [5, 5.41) is 7.27. The molecule has 7 nitrogen and oxygen atoms in total. The van der Waals surface area contributed by atoms with Crippen LogP contribution in [0, 0.1) is 5.92 Å². The van der Waals surface area contributed by atoms with Gasteiger partial charge in [0, 0.05) is 5.70 Å². The number of rotatable bonds is 4. The molecule has 1 aliphatic rings. The number of benzene rings is 1. The second-order valence-electron chi connectivity index (χ2n) is 5.13. The number of methoxy groups -OCH3 is 1. The Bertz CT molecular complexity index is 740. The number of carbonyl (C=O) groups is 1. The first-order chi connectivity index (χ1) is 11.2. The lowest BCUT2D eigenvalue weighted by atomic mass is 9.89. The van der Waals surface area contributed by atoms with Crippen LogP contribution in [0.25, 0.3) is 0 Å². The van der Waals surface area contributed by atoms with Gasteiger partial charge in [0.2, 0.25) is 5.95 Å². The second kappa shape index (κ2) is 6.12. The number of nitrogens with one attached hydrogen (secondary N) is 1. The van der Waals surface area contributed by atoms with Crippen LogP contribution >= 0.6 is 0 Å². The highest BCUT2D eigenvalue weighted by Crippen LogP contribution is 2.38. The zero-order valence-corrected chi connectivity index (χ0v) is 13.0. The van der Waals surface area contributed by atoms with E-state index in [0.29, 0.717) is 24.0 Å². The van der Waals surface area contributed by atoms with Crippen molar-refractivity contribution < 1.29 is 14.3 Å². The number of esters is 1.